The number of unbranched alkanes of at least 4 members (excludes halogenated alkanes) is 1. The Morgan fingerprint density at radius 3 is 2.89 bits per heavy atom. The van der Waals surface area contributed by atoms with Crippen molar-refractivity contribution >= 4 is 33.3 Å². The number of nitrogens with one attached hydrogen (secondary N) is 1. The molecule has 1 aromatic heterocycles. The van der Waals surface area contributed by atoms with Gasteiger partial charge in [-0.1, -0.05) is 37.7 Å². The van der Waals surface area contributed by atoms with Crippen LogP contribution >= 0.6 is 23.1 Å². The van der Waals surface area contributed by atoms with Gasteiger partial charge in [-0.25, -0.2) is 4.98 Å². The molecule has 1 aromatic carbocycles. The van der Waals surface area contributed by atoms with Gasteiger partial charge in [0.25, 0.3) is 0 Å². The lowest BCUT2D eigenvalue weighted by Crippen LogP contribution is -2.20. The molecule has 0 aliphatic carbocycles. The van der Waals surface area contributed by atoms with Crippen LogP contribution in [0.15, 0.2) is 28.6 Å². The van der Waals surface area contributed by atoms with Crippen LogP contribution in [0.25, 0.3) is 10.2 Å². The topological polar surface area (TPSA) is 24.9 Å². The zero-order valence-electron chi connectivity index (χ0n) is 11.7. The SMILES string of the molecule is CC(C)CNCCCCSc1nc2ccccc2s1. The molecule has 0 aliphatic heterocycles. The average molecular weight is 294 g/mol. The minimum atomic E-state index is 0.747. The number of thioether (sulfide) groups is 1. The monoisotopic (exact) mass is 294 g/mol. The summed E-state index contributed by atoms with van der Waals surface area (Å²) in [6.07, 6.45) is 2.51. The molecule has 0 bridgehead atoms. The number of para-hydroxylation sites is 1. The first-order valence-corrected chi connectivity index (χ1v) is 8.75. The molecule has 2 nitrogen and oxygen atoms in total. The predicted molar refractivity (Wildman–Crippen MR) is 87.3 cm³/mol. The summed E-state index contributed by atoms with van der Waals surface area (Å²) in [6, 6.07) is 8.37. The second-order valence-corrected chi connectivity index (χ2v) is 7.47. The molecule has 0 fully saturated rings. The van der Waals surface area contributed by atoms with Gasteiger partial charge >= 0.3 is 0 Å². The third kappa shape index (κ3) is 5.13. The standard InChI is InChI=1S/C15H22N2S2/c1-12(2)11-16-9-5-6-10-18-15-17-13-7-3-4-8-14(13)19-15/h3-4,7-8,12,16H,5-6,9-11H2,1-2H3. The Labute approximate surface area is 124 Å². The fourth-order valence-electron chi connectivity index (χ4n) is 1.82. The van der Waals surface area contributed by atoms with Crippen molar-refractivity contribution in [1.29, 1.82) is 0 Å². The van der Waals surface area contributed by atoms with Gasteiger partial charge in [0.1, 0.15) is 0 Å². The second-order valence-electron chi connectivity index (χ2n) is 5.10. The summed E-state index contributed by atoms with van der Waals surface area (Å²) in [6.45, 7) is 6.76. The molecule has 1 heterocycles. The van der Waals surface area contributed by atoms with Crippen LogP contribution in [-0.2, 0) is 0 Å². The van der Waals surface area contributed by atoms with E-state index in [0.29, 0.717) is 0 Å². The number of hydrogen-bond acceptors (Lipinski definition) is 4. The zero-order chi connectivity index (χ0) is 13.5. The van der Waals surface area contributed by atoms with Crippen LogP contribution < -0.4 is 5.32 Å². The number of aromatic nitrogens is 1. The molecule has 0 radical (unpaired) electrons. The molecule has 0 aliphatic rings. The van der Waals surface area contributed by atoms with Crippen molar-refractivity contribution in [1.82, 2.24) is 10.3 Å². The van der Waals surface area contributed by atoms with Crippen molar-refractivity contribution in [2.24, 2.45) is 5.92 Å². The Balaban J connectivity index is 1.63. The van der Waals surface area contributed by atoms with Gasteiger partial charge in [-0.05, 0) is 44.0 Å². The summed E-state index contributed by atoms with van der Waals surface area (Å²) in [5.74, 6) is 1.92. The van der Waals surface area contributed by atoms with Crippen molar-refractivity contribution < 1.29 is 0 Å². The number of rotatable bonds is 8. The molecule has 1 N–H and O–H groups in total. The fourth-order valence-corrected chi connectivity index (χ4v) is 3.95. The van der Waals surface area contributed by atoms with Crippen LogP contribution in [-0.4, -0.2) is 23.8 Å². The van der Waals surface area contributed by atoms with Crippen molar-refractivity contribution in [3.8, 4) is 0 Å². The largest absolute Gasteiger partial charge is 0.316 e. The van der Waals surface area contributed by atoms with Gasteiger partial charge in [0.2, 0.25) is 0 Å². The molecule has 19 heavy (non-hydrogen) atoms. The van der Waals surface area contributed by atoms with E-state index in [1.54, 1.807) is 11.3 Å². The fraction of sp³-hybridized carbons (Fsp3) is 0.533. The first kappa shape index (κ1) is 14.8. The van der Waals surface area contributed by atoms with Crippen LogP contribution in [0.1, 0.15) is 26.7 Å². The molecule has 104 valence electrons. The van der Waals surface area contributed by atoms with Gasteiger partial charge in [-0.15, -0.1) is 11.3 Å². The maximum atomic E-state index is 4.64. The Morgan fingerprint density at radius 1 is 1.26 bits per heavy atom. The molecular formula is C15H22N2S2. The Hall–Kier alpha value is -0.580. The molecule has 0 amide bonds. The van der Waals surface area contributed by atoms with Crippen molar-refractivity contribution in [2.75, 3.05) is 18.8 Å². The van der Waals surface area contributed by atoms with Gasteiger partial charge in [0.15, 0.2) is 4.34 Å². The van der Waals surface area contributed by atoms with Crippen molar-refractivity contribution in [3.63, 3.8) is 0 Å². The van der Waals surface area contributed by atoms with Gasteiger partial charge < -0.3 is 5.32 Å². The summed E-state index contributed by atoms with van der Waals surface area (Å²) < 4.78 is 2.50. The molecular weight excluding hydrogens is 272 g/mol. The number of benzene rings is 1. The van der Waals surface area contributed by atoms with Crippen LogP contribution in [0, 0.1) is 5.92 Å². The number of fused-ring (bicyclic) bond motifs is 1. The highest BCUT2D eigenvalue weighted by molar-refractivity contribution is 8.01. The molecule has 0 saturated carbocycles. The van der Waals surface area contributed by atoms with Crippen LogP contribution in [0.3, 0.4) is 0 Å². The van der Waals surface area contributed by atoms with Gasteiger partial charge in [-0.3, -0.25) is 0 Å². The molecule has 0 spiro atoms. The number of hydrogen-bond donors (Lipinski definition) is 1. The number of thiazole rings is 1. The normalized spacial score (nSPS) is 11.5. The molecule has 0 atom stereocenters. The lowest BCUT2D eigenvalue weighted by molar-refractivity contribution is 0.541. The summed E-state index contributed by atoms with van der Waals surface area (Å²) in [5, 5.41) is 3.48. The quantitative estimate of drug-likeness (QED) is 0.576. The van der Waals surface area contributed by atoms with E-state index in [1.165, 1.54) is 27.6 Å². The van der Waals surface area contributed by atoms with E-state index in [2.05, 4.69) is 48.4 Å². The second kappa shape index (κ2) is 7.88. The highest BCUT2D eigenvalue weighted by Gasteiger charge is 2.03. The highest BCUT2D eigenvalue weighted by Crippen LogP contribution is 2.29. The lowest BCUT2D eigenvalue weighted by atomic mass is 10.2. The summed E-state index contributed by atoms with van der Waals surface area (Å²) in [4.78, 5) is 4.64. The minimum Gasteiger partial charge on any atom is -0.316 e. The Morgan fingerprint density at radius 2 is 2.11 bits per heavy atom. The van der Waals surface area contributed by atoms with Crippen molar-refractivity contribution in [3.05, 3.63) is 24.3 Å². The minimum absolute atomic E-state index is 0.747. The third-order valence-corrected chi connectivity index (χ3v) is 5.07. The van der Waals surface area contributed by atoms with E-state index in [9.17, 15) is 0 Å². The van der Waals surface area contributed by atoms with Crippen LogP contribution in [0.5, 0.6) is 0 Å². The molecule has 0 unspecified atom stereocenters. The van der Waals surface area contributed by atoms with E-state index in [0.717, 1.165) is 24.5 Å². The van der Waals surface area contributed by atoms with Crippen LogP contribution in [0.4, 0.5) is 0 Å². The van der Waals surface area contributed by atoms with Crippen LogP contribution in [0.2, 0.25) is 0 Å². The van der Waals surface area contributed by atoms with Gasteiger partial charge in [-0.2, -0.15) is 0 Å². The first-order valence-electron chi connectivity index (χ1n) is 6.95. The van der Waals surface area contributed by atoms with Crippen molar-refractivity contribution in [2.45, 2.75) is 31.0 Å². The Kier molecular flexibility index (Phi) is 6.14. The van der Waals surface area contributed by atoms with Gasteiger partial charge in [0, 0.05) is 5.75 Å². The van der Waals surface area contributed by atoms with Gasteiger partial charge in [0.05, 0.1) is 10.2 Å². The first-order chi connectivity index (χ1) is 9.25. The number of nitrogens with zero attached hydrogens (tertiary/aromatic N) is 1. The maximum Gasteiger partial charge on any atom is 0.151 e. The van der Waals surface area contributed by atoms with E-state index < -0.39 is 0 Å². The zero-order valence-corrected chi connectivity index (χ0v) is 13.3. The lowest BCUT2D eigenvalue weighted by Gasteiger charge is -2.06. The van der Waals surface area contributed by atoms with E-state index >= 15 is 0 Å². The maximum absolute atomic E-state index is 4.64. The molecule has 2 rings (SSSR count). The van der Waals surface area contributed by atoms with E-state index in [4.69, 9.17) is 0 Å². The third-order valence-electron chi connectivity index (χ3n) is 2.80. The molecule has 2 aromatic rings. The van der Waals surface area contributed by atoms with E-state index in [1.807, 2.05) is 11.8 Å². The molecule has 4 heteroatoms. The van der Waals surface area contributed by atoms with E-state index in [-0.39, 0.29) is 0 Å². The summed E-state index contributed by atoms with van der Waals surface area (Å²) in [5.41, 5.74) is 1.13. The summed E-state index contributed by atoms with van der Waals surface area (Å²) >= 11 is 3.70. The summed E-state index contributed by atoms with van der Waals surface area (Å²) in [7, 11) is 0. The highest BCUT2D eigenvalue weighted by atomic mass is 32.2. The predicted octanol–water partition coefficient (Wildman–Crippen LogP) is 4.41. The Bertz CT molecular complexity index is 461. The molecule has 0 saturated heterocycles. The smallest absolute Gasteiger partial charge is 0.151 e. The average Bonchev–Trinajstić information content (AvgIpc) is 2.79.